The molecule has 35 heavy (non-hydrogen) atoms. The van der Waals surface area contributed by atoms with Crippen molar-refractivity contribution < 1.29 is 9.53 Å². The molecule has 192 valence electrons. The summed E-state index contributed by atoms with van der Waals surface area (Å²) >= 11 is 0. The molecule has 0 fully saturated rings. The Labute approximate surface area is 215 Å². The molecule has 1 aromatic rings. The van der Waals surface area contributed by atoms with Crippen molar-refractivity contribution in [3.05, 3.63) is 50.8 Å². The molecule has 0 saturated carbocycles. The maximum atomic E-state index is 12.1. The SMILES string of the molecule is CCOC(=O)/N=S1/C=CC(c2c3c(cc4c2C(C)(C)CC4(CC)CC)C(CC)(CC)CC3(C)C)=C1. The minimum Gasteiger partial charge on any atom is -0.448 e. The fourth-order valence-corrected chi connectivity index (χ4v) is 8.98. The Morgan fingerprint density at radius 3 is 1.80 bits per heavy atom. The van der Waals surface area contributed by atoms with Gasteiger partial charge in [-0.05, 0) is 128 Å². The smallest absolute Gasteiger partial charge is 0.440 e. The molecule has 4 heteroatoms. The summed E-state index contributed by atoms with van der Waals surface area (Å²) in [4.78, 5) is 12.1. The third kappa shape index (κ3) is 3.99. The molecule has 0 saturated heterocycles. The lowest BCUT2D eigenvalue weighted by atomic mass is 9.72. The lowest BCUT2D eigenvalue weighted by Gasteiger charge is -2.32. The van der Waals surface area contributed by atoms with Crippen molar-refractivity contribution in [1.29, 1.82) is 0 Å². The van der Waals surface area contributed by atoms with E-state index < -0.39 is 16.8 Å². The fourth-order valence-electron chi connectivity index (χ4n) is 7.82. The highest BCUT2D eigenvalue weighted by Crippen LogP contribution is 2.62. The number of amides is 1. The van der Waals surface area contributed by atoms with E-state index in [2.05, 4.69) is 82.7 Å². The van der Waals surface area contributed by atoms with Gasteiger partial charge in [0.15, 0.2) is 0 Å². The maximum Gasteiger partial charge on any atom is 0.440 e. The van der Waals surface area contributed by atoms with Gasteiger partial charge < -0.3 is 4.74 Å². The zero-order chi connectivity index (χ0) is 25.8. The van der Waals surface area contributed by atoms with Crippen molar-refractivity contribution in [3.8, 4) is 0 Å². The highest BCUT2D eigenvalue weighted by Gasteiger charge is 2.53. The van der Waals surface area contributed by atoms with Gasteiger partial charge in [0.25, 0.3) is 0 Å². The number of allylic oxidation sites excluding steroid dienone is 2. The van der Waals surface area contributed by atoms with Gasteiger partial charge >= 0.3 is 6.09 Å². The molecule has 3 aliphatic rings. The average molecular weight is 496 g/mol. The normalized spacial score (nSPS) is 24.4. The summed E-state index contributed by atoms with van der Waals surface area (Å²) < 4.78 is 9.44. The topological polar surface area (TPSA) is 38.7 Å². The van der Waals surface area contributed by atoms with Gasteiger partial charge in [-0.1, -0.05) is 61.5 Å². The Morgan fingerprint density at radius 1 is 0.886 bits per heavy atom. The maximum absolute atomic E-state index is 12.1. The van der Waals surface area contributed by atoms with Gasteiger partial charge in [-0.25, -0.2) is 4.79 Å². The first kappa shape index (κ1) is 26.4. The second kappa shape index (κ2) is 9.01. The van der Waals surface area contributed by atoms with Gasteiger partial charge in [-0.15, -0.1) is 4.36 Å². The van der Waals surface area contributed by atoms with Crippen molar-refractivity contribution in [2.24, 2.45) is 4.36 Å². The first-order valence-electron chi connectivity index (χ1n) is 13.7. The van der Waals surface area contributed by atoms with Crippen LogP contribution in [-0.2, 0) is 37.1 Å². The van der Waals surface area contributed by atoms with Gasteiger partial charge in [-0.3, -0.25) is 0 Å². The van der Waals surface area contributed by atoms with Crippen molar-refractivity contribution >= 4 is 22.4 Å². The number of carbonyl (C=O) groups excluding carboxylic acids is 1. The van der Waals surface area contributed by atoms with Crippen LogP contribution in [0.1, 0.15) is 129 Å². The van der Waals surface area contributed by atoms with E-state index in [-0.39, 0.29) is 21.7 Å². The molecule has 0 spiro atoms. The molecule has 1 heterocycles. The van der Waals surface area contributed by atoms with Crippen LogP contribution in [-0.4, -0.2) is 12.7 Å². The fraction of sp³-hybridized carbons (Fsp3) is 0.645. The molecule has 2 aliphatic carbocycles. The van der Waals surface area contributed by atoms with Crippen LogP contribution in [0.4, 0.5) is 4.79 Å². The molecule has 1 unspecified atom stereocenters. The highest BCUT2D eigenvalue weighted by molar-refractivity contribution is 7.93. The number of ether oxygens (including phenoxy) is 1. The van der Waals surface area contributed by atoms with Crippen LogP contribution in [0.15, 0.2) is 27.3 Å². The van der Waals surface area contributed by atoms with Crippen LogP contribution < -0.4 is 0 Å². The van der Waals surface area contributed by atoms with Crippen LogP contribution in [0.25, 0.3) is 5.57 Å². The quantitative estimate of drug-likeness (QED) is 0.395. The second-order valence-electron chi connectivity index (χ2n) is 12.2. The summed E-state index contributed by atoms with van der Waals surface area (Å²) in [6, 6.07) is 2.67. The molecular formula is C31H45NO2S. The van der Waals surface area contributed by atoms with Gasteiger partial charge in [0.05, 0.1) is 6.61 Å². The van der Waals surface area contributed by atoms with E-state index >= 15 is 0 Å². The third-order valence-electron chi connectivity index (χ3n) is 9.46. The van der Waals surface area contributed by atoms with Crippen molar-refractivity contribution in [1.82, 2.24) is 0 Å². The molecule has 0 N–H and O–H groups in total. The average Bonchev–Trinajstić information content (AvgIpc) is 3.43. The van der Waals surface area contributed by atoms with E-state index in [1.165, 1.54) is 49.7 Å². The number of hydrogen-bond donors (Lipinski definition) is 0. The standard InChI is InChI=1S/C31H45NO2S/c1-10-30(11-2)19-28(6,7)25-22(30)17-23-26(29(8,9)20-31(23,12-3)13-4)24(25)21-15-16-35(18-21)32-27(33)34-14-5/h15-18H,10-14,19-20H2,1-9H3. The molecule has 0 radical (unpaired) electrons. The monoisotopic (exact) mass is 495 g/mol. The van der Waals surface area contributed by atoms with Crippen molar-refractivity contribution in [3.63, 3.8) is 0 Å². The van der Waals surface area contributed by atoms with E-state index in [0.29, 0.717) is 6.61 Å². The Bertz CT molecular complexity index is 1070. The summed E-state index contributed by atoms with van der Waals surface area (Å²) in [5, 5.41) is 4.30. The van der Waals surface area contributed by atoms with Gasteiger partial charge in [0, 0.05) is 0 Å². The zero-order valence-electron chi connectivity index (χ0n) is 23.4. The van der Waals surface area contributed by atoms with E-state index in [4.69, 9.17) is 4.74 Å². The second-order valence-corrected chi connectivity index (χ2v) is 13.6. The molecule has 1 amide bonds. The van der Waals surface area contributed by atoms with E-state index in [9.17, 15) is 4.79 Å². The number of rotatable bonds is 6. The zero-order valence-corrected chi connectivity index (χ0v) is 24.2. The molecular weight excluding hydrogens is 450 g/mol. The minimum absolute atomic E-state index is 0.0969. The van der Waals surface area contributed by atoms with Crippen LogP contribution in [0.5, 0.6) is 0 Å². The van der Waals surface area contributed by atoms with Crippen LogP contribution >= 0.6 is 0 Å². The third-order valence-corrected chi connectivity index (χ3v) is 10.7. The van der Waals surface area contributed by atoms with E-state index in [0.717, 1.165) is 0 Å². The van der Waals surface area contributed by atoms with Gasteiger partial charge in [0.1, 0.15) is 0 Å². The van der Waals surface area contributed by atoms with Crippen molar-refractivity contribution in [2.75, 3.05) is 6.61 Å². The molecule has 0 bridgehead atoms. The summed E-state index contributed by atoms with van der Waals surface area (Å²) in [5.41, 5.74) is 9.63. The predicted octanol–water partition coefficient (Wildman–Crippen LogP) is 8.99. The summed E-state index contributed by atoms with van der Waals surface area (Å²) in [7, 11) is -0.570. The van der Waals surface area contributed by atoms with Gasteiger partial charge in [0.2, 0.25) is 0 Å². The molecule has 3 nitrogen and oxygen atoms in total. The number of hydrogen-bond acceptors (Lipinski definition) is 2. The Morgan fingerprint density at radius 2 is 1.37 bits per heavy atom. The number of benzene rings is 1. The predicted molar refractivity (Wildman–Crippen MR) is 150 cm³/mol. The molecule has 0 aromatic heterocycles. The van der Waals surface area contributed by atoms with Crippen molar-refractivity contribution in [2.45, 2.75) is 122 Å². The van der Waals surface area contributed by atoms with Crippen LogP contribution in [0.2, 0.25) is 0 Å². The summed E-state index contributed by atoms with van der Waals surface area (Å²) in [6.45, 7) is 21.5. The summed E-state index contributed by atoms with van der Waals surface area (Å²) in [6.07, 6.45) is 8.83. The Kier molecular flexibility index (Phi) is 6.79. The lowest BCUT2D eigenvalue weighted by Crippen LogP contribution is -2.25. The Hall–Kier alpha value is -1.68. The van der Waals surface area contributed by atoms with Gasteiger partial charge in [-0.2, -0.15) is 0 Å². The van der Waals surface area contributed by atoms with Crippen LogP contribution in [0, 0.1) is 0 Å². The summed E-state index contributed by atoms with van der Waals surface area (Å²) in [5.74, 6) is 0. The Balaban J connectivity index is 2.08. The number of carbonyl (C=O) groups is 1. The van der Waals surface area contributed by atoms with E-state index in [1.807, 2.05) is 6.92 Å². The molecule has 1 atom stereocenters. The highest BCUT2D eigenvalue weighted by atomic mass is 32.2. The first-order valence-corrected chi connectivity index (χ1v) is 15.0. The molecule has 1 aromatic carbocycles. The largest absolute Gasteiger partial charge is 0.448 e. The van der Waals surface area contributed by atoms with Crippen LogP contribution in [0.3, 0.4) is 0 Å². The minimum atomic E-state index is -0.570. The lowest BCUT2D eigenvalue weighted by molar-refractivity contribution is 0.164. The first-order chi connectivity index (χ1) is 16.4. The van der Waals surface area contributed by atoms with E-state index in [1.54, 1.807) is 22.3 Å². The molecule has 1 aliphatic heterocycles. The number of fused-ring (bicyclic) bond motifs is 2. The number of nitrogens with zero attached hydrogens (tertiary/aromatic N) is 1. The molecule has 4 rings (SSSR count).